The molecule has 0 aliphatic carbocycles. The van der Waals surface area contributed by atoms with Gasteiger partial charge in [-0.05, 0) is 35.4 Å². The number of hydrogen-bond acceptors (Lipinski definition) is 4. The van der Waals surface area contributed by atoms with Crippen LogP contribution in [0.1, 0.15) is 21.5 Å². The molecule has 5 rings (SSSR count). The highest BCUT2D eigenvalue weighted by Gasteiger charge is 2.38. The summed E-state index contributed by atoms with van der Waals surface area (Å²) in [4.78, 5) is 37.4. The minimum absolute atomic E-state index is 0.00872. The Kier molecular flexibility index (Phi) is 6.01. The van der Waals surface area contributed by atoms with Crippen molar-refractivity contribution in [3.05, 3.63) is 94.6 Å². The Bertz CT molecular complexity index is 1160. The number of halogens is 1. The fourth-order valence-corrected chi connectivity index (χ4v) is 4.87. The fourth-order valence-electron chi connectivity index (χ4n) is 4.65. The van der Waals surface area contributed by atoms with Gasteiger partial charge in [-0.1, -0.05) is 54.1 Å². The predicted octanol–water partition coefficient (Wildman–Crippen LogP) is 3.65. The van der Waals surface area contributed by atoms with Crippen LogP contribution in [0.4, 0.5) is 5.82 Å². The third kappa shape index (κ3) is 4.31. The van der Waals surface area contributed by atoms with Crippen molar-refractivity contribution in [2.75, 3.05) is 31.1 Å². The number of fused-ring (bicyclic) bond motifs is 1. The first-order chi connectivity index (χ1) is 16.1. The van der Waals surface area contributed by atoms with Crippen LogP contribution in [0.15, 0.2) is 72.9 Å². The van der Waals surface area contributed by atoms with E-state index < -0.39 is 6.04 Å². The Labute approximate surface area is 198 Å². The van der Waals surface area contributed by atoms with Crippen LogP contribution in [-0.2, 0) is 17.8 Å². The number of amides is 2. The van der Waals surface area contributed by atoms with Gasteiger partial charge in [0.15, 0.2) is 0 Å². The molecule has 0 spiro atoms. The lowest BCUT2D eigenvalue weighted by Gasteiger charge is -2.41. The molecule has 2 amide bonds. The van der Waals surface area contributed by atoms with E-state index in [4.69, 9.17) is 11.6 Å². The van der Waals surface area contributed by atoms with E-state index >= 15 is 0 Å². The van der Waals surface area contributed by atoms with E-state index in [1.807, 2.05) is 47.4 Å². The summed E-state index contributed by atoms with van der Waals surface area (Å²) in [7, 11) is 0. The highest BCUT2D eigenvalue weighted by atomic mass is 35.5. The van der Waals surface area contributed by atoms with Crippen LogP contribution in [0.5, 0.6) is 0 Å². The molecule has 2 aliphatic rings. The molecule has 1 saturated heterocycles. The van der Waals surface area contributed by atoms with Gasteiger partial charge in [0.2, 0.25) is 5.91 Å². The van der Waals surface area contributed by atoms with Gasteiger partial charge in [0.05, 0.1) is 10.6 Å². The number of piperazine rings is 1. The molecule has 33 heavy (non-hydrogen) atoms. The maximum absolute atomic E-state index is 13.7. The topological polar surface area (TPSA) is 56.8 Å². The first kappa shape index (κ1) is 21.5. The number of rotatable bonds is 3. The molecule has 1 unspecified atom stereocenters. The van der Waals surface area contributed by atoms with E-state index in [-0.39, 0.29) is 11.8 Å². The van der Waals surface area contributed by atoms with Crippen LogP contribution in [-0.4, -0.2) is 58.8 Å². The molecule has 1 atom stereocenters. The lowest BCUT2D eigenvalue weighted by Crippen LogP contribution is -2.57. The van der Waals surface area contributed by atoms with Gasteiger partial charge in [-0.2, -0.15) is 0 Å². The first-order valence-electron chi connectivity index (χ1n) is 11.2. The predicted molar refractivity (Wildman–Crippen MR) is 128 cm³/mol. The number of carbonyl (C=O) groups is 2. The third-order valence-electron chi connectivity index (χ3n) is 6.46. The first-order valence-corrected chi connectivity index (χ1v) is 11.6. The minimum Gasteiger partial charge on any atom is -0.353 e. The highest BCUT2D eigenvalue weighted by Crippen LogP contribution is 2.28. The van der Waals surface area contributed by atoms with Crippen molar-refractivity contribution >= 4 is 29.2 Å². The highest BCUT2D eigenvalue weighted by molar-refractivity contribution is 6.33. The van der Waals surface area contributed by atoms with Crippen molar-refractivity contribution in [2.45, 2.75) is 19.0 Å². The standard InChI is InChI=1S/C26H25ClN4O2/c27-22-10-4-3-9-21(22)25(32)31-18-20-8-2-1-7-19(20)17-23(31)26(33)30-15-13-29(14-16-30)24-11-5-6-12-28-24/h1-12,23H,13-18H2. The molecule has 0 bridgehead atoms. The Morgan fingerprint density at radius 2 is 1.55 bits per heavy atom. The molecule has 7 heteroatoms. The van der Waals surface area contributed by atoms with E-state index in [1.54, 1.807) is 35.4 Å². The summed E-state index contributed by atoms with van der Waals surface area (Å²) in [5.74, 6) is 0.706. The van der Waals surface area contributed by atoms with E-state index in [0.717, 1.165) is 16.9 Å². The van der Waals surface area contributed by atoms with Crippen LogP contribution in [0, 0.1) is 0 Å². The molecule has 6 nitrogen and oxygen atoms in total. The van der Waals surface area contributed by atoms with Crippen LogP contribution >= 0.6 is 11.6 Å². The van der Waals surface area contributed by atoms with Gasteiger partial charge in [0.25, 0.3) is 5.91 Å². The minimum atomic E-state index is -0.551. The Morgan fingerprint density at radius 1 is 0.848 bits per heavy atom. The van der Waals surface area contributed by atoms with E-state index in [2.05, 4.69) is 9.88 Å². The second-order valence-corrected chi connectivity index (χ2v) is 8.81. The van der Waals surface area contributed by atoms with E-state index in [0.29, 0.717) is 49.7 Å². The Morgan fingerprint density at radius 3 is 2.27 bits per heavy atom. The summed E-state index contributed by atoms with van der Waals surface area (Å²) < 4.78 is 0. The average Bonchev–Trinajstić information content (AvgIpc) is 2.88. The smallest absolute Gasteiger partial charge is 0.256 e. The number of carbonyl (C=O) groups excluding carboxylic acids is 2. The van der Waals surface area contributed by atoms with Crippen molar-refractivity contribution in [3.63, 3.8) is 0 Å². The van der Waals surface area contributed by atoms with E-state index in [9.17, 15) is 9.59 Å². The van der Waals surface area contributed by atoms with Gasteiger partial charge >= 0.3 is 0 Å². The second kappa shape index (κ2) is 9.24. The monoisotopic (exact) mass is 460 g/mol. The number of aromatic nitrogens is 1. The molecule has 0 N–H and O–H groups in total. The molecule has 0 saturated carbocycles. The summed E-state index contributed by atoms with van der Waals surface area (Å²) in [6.45, 7) is 3.02. The van der Waals surface area contributed by atoms with Crippen LogP contribution < -0.4 is 4.90 Å². The van der Waals surface area contributed by atoms with Gasteiger partial charge in [-0.15, -0.1) is 0 Å². The molecule has 1 fully saturated rings. The van der Waals surface area contributed by atoms with Crippen LogP contribution in [0.2, 0.25) is 5.02 Å². The Balaban J connectivity index is 1.38. The Hall–Kier alpha value is -3.38. The van der Waals surface area contributed by atoms with Crippen LogP contribution in [0.25, 0.3) is 0 Å². The summed E-state index contributed by atoms with van der Waals surface area (Å²) in [5, 5.41) is 0.400. The largest absolute Gasteiger partial charge is 0.353 e. The number of anilines is 1. The molecular weight excluding hydrogens is 436 g/mol. The molecule has 3 heterocycles. The summed E-state index contributed by atoms with van der Waals surface area (Å²) in [6.07, 6.45) is 2.29. The molecule has 2 aliphatic heterocycles. The van der Waals surface area contributed by atoms with Gasteiger partial charge in [-0.3, -0.25) is 9.59 Å². The average molecular weight is 461 g/mol. The van der Waals surface area contributed by atoms with Crippen molar-refractivity contribution in [2.24, 2.45) is 0 Å². The number of nitrogens with zero attached hydrogens (tertiary/aromatic N) is 4. The van der Waals surface area contributed by atoms with Gasteiger partial charge in [0, 0.05) is 45.3 Å². The third-order valence-corrected chi connectivity index (χ3v) is 6.79. The number of benzene rings is 2. The summed E-state index contributed by atoms with van der Waals surface area (Å²) >= 11 is 6.33. The van der Waals surface area contributed by atoms with Crippen molar-refractivity contribution < 1.29 is 9.59 Å². The zero-order chi connectivity index (χ0) is 22.8. The molecule has 168 valence electrons. The quantitative estimate of drug-likeness (QED) is 0.598. The summed E-state index contributed by atoms with van der Waals surface area (Å²) in [6, 6.07) is 20.3. The molecule has 0 radical (unpaired) electrons. The van der Waals surface area contributed by atoms with Crippen molar-refractivity contribution in [1.82, 2.24) is 14.8 Å². The van der Waals surface area contributed by atoms with E-state index in [1.165, 1.54) is 0 Å². The number of hydrogen-bond donors (Lipinski definition) is 0. The van der Waals surface area contributed by atoms with Gasteiger partial charge in [0.1, 0.15) is 11.9 Å². The zero-order valence-corrected chi connectivity index (χ0v) is 19.0. The fraction of sp³-hybridized carbons (Fsp3) is 0.269. The lowest BCUT2D eigenvalue weighted by molar-refractivity contribution is -0.137. The maximum Gasteiger partial charge on any atom is 0.256 e. The maximum atomic E-state index is 13.7. The molecule has 2 aromatic carbocycles. The lowest BCUT2D eigenvalue weighted by atomic mass is 9.92. The summed E-state index contributed by atoms with van der Waals surface area (Å²) in [5.41, 5.74) is 2.62. The van der Waals surface area contributed by atoms with Gasteiger partial charge < -0.3 is 14.7 Å². The van der Waals surface area contributed by atoms with Gasteiger partial charge in [-0.25, -0.2) is 4.98 Å². The zero-order valence-electron chi connectivity index (χ0n) is 18.2. The molecular formula is C26H25ClN4O2. The van der Waals surface area contributed by atoms with Crippen LogP contribution in [0.3, 0.4) is 0 Å². The molecule has 3 aromatic rings. The van der Waals surface area contributed by atoms with Crippen molar-refractivity contribution in [3.8, 4) is 0 Å². The number of pyridine rings is 1. The second-order valence-electron chi connectivity index (χ2n) is 8.40. The normalized spacial score (nSPS) is 18.1. The SMILES string of the molecule is O=C(C1Cc2ccccc2CN1C(=O)c1ccccc1Cl)N1CCN(c2ccccn2)CC1. The molecule has 1 aromatic heterocycles. The van der Waals surface area contributed by atoms with Crippen molar-refractivity contribution in [1.29, 1.82) is 0 Å².